The van der Waals surface area contributed by atoms with E-state index in [-0.39, 0.29) is 6.61 Å². The number of hydrogen-bond acceptors (Lipinski definition) is 5. The highest BCUT2D eigenvalue weighted by molar-refractivity contribution is 5.80. The molecular formula is C15H17NO7. The van der Waals surface area contributed by atoms with Gasteiger partial charge in [0.25, 0.3) is 0 Å². The average Bonchev–Trinajstić information content (AvgIpc) is 2.82. The van der Waals surface area contributed by atoms with Gasteiger partial charge in [0.1, 0.15) is 18.6 Å². The second-order valence-corrected chi connectivity index (χ2v) is 5.28. The summed E-state index contributed by atoms with van der Waals surface area (Å²) in [6, 6.07) is 4.73. The van der Waals surface area contributed by atoms with Gasteiger partial charge in [-0.1, -0.05) is 12.1 Å². The Hall–Kier alpha value is -2.90. The quantitative estimate of drug-likeness (QED) is 0.734. The summed E-state index contributed by atoms with van der Waals surface area (Å²) in [7, 11) is 0. The Morgan fingerprint density at radius 1 is 1.26 bits per heavy atom. The molecule has 0 radical (unpaired) electrons. The zero-order valence-electron chi connectivity index (χ0n) is 12.6. The van der Waals surface area contributed by atoms with Crippen molar-refractivity contribution in [2.45, 2.75) is 25.7 Å². The molecule has 1 aliphatic heterocycles. The number of aliphatic carboxylic acids is 1. The number of benzene rings is 1. The van der Waals surface area contributed by atoms with Crippen LogP contribution in [0.4, 0.5) is 4.79 Å². The average molecular weight is 323 g/mol. The minimum Gasteiger partial charge on any atom is -0.486 e. The van der Waals surface area contributed by atoms with Crippen molar-refractivity contribution in [3.8, 4) is 5.75 Å². The highest BCUT2D eigenvalue weighted by Crippen LogP contribution is 2.25. The van der Waals surface area contributed by atoms with E-state index in [0.29, 0.717) is 17.1 Å². The number of hydrogen-bond donors (Lipinski definition) is 3. The Morgan fingerprint density at radius 2 is 1.91 bits per heavy atom. The topological polar surface area (TPSA) is 114 Å². The molecule has 2 rings (SSSR count). The van der Waals surface area contributed by atoms with E-state index < -0.39 is 23.9 Å². The molecule has 3 N–H and O–H groups in total. The molecule has 124 valence electrons. The van der Waals surface area contributed by atoms with Crippen LogP contribution in [-0.2, 0) is 14.3 Å². The smallest absolute Gasteiger partial charge is 0.405 e. The second kappa shape index (κ2) is 6.47. The van der Waals surface area contributed by atoms with Crippen LogP contribution in [0.1, 0.15) is 25.5 Å². The molecule has 0 aromatic heterocycles. The molecule has 0 spiro atoms. The Balaban J connectivity index is 1.96. The SMILES string of the molecule is CC1(C)OC=C(COc2ccc([C@H](NC(=O)O)C(=O)O)cc2)O1. The molecule has 8 nitrogen and oxygen atoms in total. The predicted octanol–water partition coefficient (Wildman–Crippen LogP) is 2.08. The molecule has 23 heavy (non-hydrogen) atoms. The van der Waals surface area contributed by atoms with Crippen LogP contribution in [0.25, 0.3) is 0 Å². The van der Waals surface area contributed by atoms with Crippen LogP contribution in [0.2, 0.25) is 0 Å². The first-order valence-corrected chi connectivity index (χ1v) is 6.78. The summed E-state index contributed by atoms with van der Waals surface area (Å²) in [5.41, 5.74) is 0.299. The maximum absolute atomic E-state index is 11.1. The molecule has 0 fully saturated rings. The highest BCUT2D eigenvalue weighted by Gasteiger charge is 2.27. The molecular weight excluding hydrogens is 306 g/mol. The van der Waals surface area contributed by atoms with E-state index >= 15 is 0 Å². The van der Waals surface area contributed by atoms with E-state index in [2.05, 4.69) is 0 Å². The third-order valence-electron chi connectivity index (χ3n) is 2.96. The number of carboxylic acids is 1. The molecule has 0 saturated heterocycles. The fourth-order valence-corrected chi connectivity index (χ4v) is 1.96. The lowest BCUT2D eigenvalue weighted by molar-refractivity contribution is -0.139. The van der Waals surface area contributed by atoms with Crippen LogP contribution in [-0.4, -0.2) is 34.7 Å². The molecule has 1 aromatic carbocycles. The summed E-state index contributed by atoms with van der Waals surface area (Å²) in [5.74, 6) is -0.970. The molecule has 1 atom stereocenters. The first-order chi connectivity index (χ1) is 10.8. The lowest BCUT2D eigenvalue weighted by Gasteiger charge is -2.18. The van der Waals surface area contributed by atoms with Gasteiger partial charge in [0.05, 0.1) is 0 Å². The molecule has 0 unspecified atom stereocenters. The first kappa shape index (κ1) is 16.5. The van der Waals surface area contributed by atoms with Gasteiger partial charge in [-0.3, -0.25) is 0 Å². The van der Waals surface area contributed by atoms with Gasteiger partial charge in [-0.25, -0.2) is 9.59 Å². The van der Waals surface area contributed by atoms with Crippen LogP contribution < -0.4 is 10.1 Å². The Morgan fingerprint density at radius 3 is 2.39 bits per heavy atom. The summed E-state index contributed by atoms with van der Waals surface area (Å²) in [5, 5.41) is 19.6. The number of amides is 1. The summed E-state index contributed by atoms with van der Waals surface area (Å²) in [6.45, 7) is 3.71. The van der Waals surface area contributed by atoms with Crippen molar-refractivity contribution in [3.63, 3.8) is 0 Å². The van der Waals surface area contributed by atoms with Gasteiger partial charge in [0, 0.05) is 13.8 Å². The minimum absolute atomic E-state index is 0.165. The maximum Gasteiger partial charge on any atom is 0.405 e. The van der Waals surface area contributed by atoms with Crippen molar-refractivity contribution in [2.24, 2.45) is 0 Å². The number of carbonyl (C=O) groups is 2. The van der Waals surface area contributed by atoms with Gasteiger partial charge in [0.2, 0.25) is 5.79 Å². The van der Waals surface area contributed by atoms with E-state index in [1.807, 2.05) is 5.32 Å². The number of rotatable bonds is 6. The summed E-state index contributed by atoms with van der Waals surface area (Å²) < 4.78 is 16.2. The normalized spacial score (nSPS) is 16.5. The van der Waals surface area contributed by atoms with Gasteiger partial charge in [-0.05, 0) is 17.7 Å². The minimum atomic E-state index is -1.41. The van der Waals surface area contributed by atoms with Crippen molar-refractivity contribution in [1.29, 1.82) is 0 Å². The third-order valence-corrected chi connectivity index (χ3v) is 2.96. The van der Waals surface area contributed by atoms with Crippen LogP contribution >= 0.6 is 0 Å². The Bertz CT molecular complexity index is 621. The van der Waals surface area contributed by atoms with Crippen LogP contribution in [0, 0.1) is 0 Å². The van der Waals surface area contributed by atoms with Crippen molar-refractivity contribution >= 4 is 12.1 Å². The standard InChI is InChI=1S/C15H17NO7/c1-15(2)22-8-11(23-15)7-21-10-5-3-9(4-6-10)12(13(17)18)16-14(19)20/h3-6,8,12,16H,7H2,1-2H3,(H,17,18)(H,19,20)/t12-/m0/s1. The van der Waals surface area contributed by atoms with Crippen molar-refractivity contribution in [3.05, 3.63) is 41.9 Å². The Labute approximate surface area is 132 Å². The Kier molecular flexibility index (Phi) is 4.63. The molecule has 1 aliphatic rings. The van der Waals surface area contributed by atoms with Gasteiger partial charge in [-0.15, -0.1) is 0 Å². The second-order valence-electron chi connectivity index (χ2n) is 5.28. The fourth-order valence-electron chi connectivity index (χ4n) is 1.96. The van der Waals surface area contributed by atoms with Crippen molar-refractivity contribution < 1.29 is 34.0 Å². The lowest BCUT2D eigenvalue weighted by atomic mass is 10.1. The summed E-state index contributed by atoms with van der Waals surface area (Å²) in [6.07, 6.45) is 0.0664. The van der Waals surface area contributed by atoms with E-state index in [4.69, 9.17) is 24.4 Å². The van der Waals surface area contributed by atoms with E-state index in [1.165, 1.54) is 18.4 Å². The van der Waals surface area contributed by atoms with E-state index in [1.54, 1.807) is 26.0 Å². The number of nitrogens with one attached hydrogen (secondary N) is 1. The van der Waals surface area contributed by atoms with Crippen molar-refractivity contribution in [2.75, 3.05) is 6.61 Å². The fraction of sp³-hybridized carbons (Fsp3) is 0.333. The zero-order chi connectivity index (χ0) is 17.0. The van der Waals surface area contributed by atoms with Crippen LogP contribution in [0.15, 0.2) is 36.3 Å². The third kappa shape index (κ3) is 4.53. The highest BCUT2D eigenvalue weighted by atomic mass is 16.7. The van der Waals surface area contributed by atoms with Gasteiger partial charge >= 0.3 is 12.1 Å². The monoisotopic (exact) mass is 323 g/mol. The largest absolute Gasteiger partial charge is 0.486 e. The number of ether oxygens (including phenoxy) is 3. The van der Waals surface area contributed by atoms with Crippen LogP contribution in [0.3, 0.4) is 0 Å². The maximum atomic E-state index is 11.1. The predicted molar refractivity (Wildman–Crippen MR) is 77.8 cm³/mol. The van der Waals surface area contributed by atoms with Gasteiger partial charge in [0.15, 0.2) is 11.8 Å². The van der Waals surface area contributed by atoms with Gasteiger partial charge < -0.3 is 29.7 Å². The summed E-state index contributed by atoms with van der Waals surface area (Å²) in [4.78, 5) is 21.7. The molecule has 8 heteroatoms. The number of carboxylic acid groups (broad SMARTS) is 2. The molecule has 1 aromatic rings. The van der Waals surface area contributed by atoms with Gasteiger partial charge in [-0.2, -0.15) is 0 Å². The van der Waals surface area contributed by atoms with E-state index in [0.717, 1.165) is 0 Å². The van der Waals surface area contributed by atoms with Crippen molar-refractivity contribution in [1.82, 2.24) is 5.32 Å². The van der Waals surface area contributed by atoms with Crippen LogP contribution in [0.5, 0.6) is 5.75 Å². The molecule has 0 saturated carbocycles. The zero-order valence-corrected chi connectivity index (χ0v) is 12.6. The molecule has 0 bridgehead atoms. The lowest BCUT2D eigenvalue weighted by Crippen LogP contribution is -2.32. The van der Waals surface area contributed by atoms with E-state index in [9.17, 15) is 9.59 Å². The first-order valence-electron chi connectivity index (χ1n) is 6.78. The summed E-state index contributed by atoms with van der Waals surface area (Å²) >= 11 is 0. The molecule has 1 amide bonds. The molecule has 0 aliphatic carbocycles. The molecule has 1 heterocycles.